The topological polar surface area (TPSA) is 104 Å². The van der Waals surface area contributed by atoms with Gasteiger partial charge in [0.25, 0.3) is 0 Å². The van der Waals surface area contributed by atoms with E-state index in [-0.39, 0.29) is 26.2 Å². The van der Waals surface area contributed by atoms with Gasteiger partial charge in [0.1, 0.15) is 19.8 Å². The van der Waals surface area contributed by atoms with Crippen LogP contribution in [0.15, 0.2) is 85.3 Å². The predicted molar refractivity (Wildman–Crippen MR) is 241 cm³/mol. The zero-order valence-electron chi connectivity index (χ0n) is 37.2. The summed E-state index contributed by atoms with van der Waals surface area (Å²) in [6.45, 7) is 4.68. The van der Waals surface area contributed by atoms with Crippen molar-refractivity contribution < 1.29 is 42.0 Å². The fraction of sp³-hybridized carbons (Fsp3) is 0.688. The van der Waals surface area contributed by atoms with Crippen LogP contribution in [0.5, 0.6) is 0 Å². The second-order valence-corrected chi connectivity index (χ2v) is 17.6. The number of hydrogen-bond acceptors (Lipinski definition) is 7. The van der Waals surface area contributed by atoms with Crippen LogP contribution in [0.3, 0.4) is 0 Å². The molecule has 0 spiro atoms. The number of phosphoric acid groups is 1. The Bertz CT molecular complexity index is 1260. The number of unbranched alkanes of at least 4 members (excludes halogenated alkanes) is 11. The second-order valence-electron chi connectivity index (χ2n) is 16.1. The first-order chi connectivity index (χ1) is 28.1. The second kappa shape index (κ2) is 36.3. The number of allylic oxidation sites excluding steroid dienone is 11. The molecule has 0 bridgehead atoms. The van der Waals surface area contributed by atoms with Crippen molar-refractivity contribution in [3.05, 3.63) is 85.3 Å². The zero-order valence-corrected chi connectivity index (χ0v) is 38.1. The Morgan fingerprint density at radius 1 is 0.655 bits per heavy atom. The van der Waals surface area contributed by atoms with E-state index in [1.54, 1.807) is 6.26 Å². The summed E-state index contributed by atoms with van der Waals surface area (Å²) in [5.41, 5.74) is 0. The van der Waals surface area contributed by atoms with Crippen molar-refractivity contribution in [2.24, 2.45) is 0 Å². The van der Waals surface area contributed by atoms with Crippen LogP contribution in [0.25, 0.3) is 0 Å². The molecule has 0 saturated carbocycles. The van der Waals surface area contributed by atoms with Gasteiger partial charge < -0.3 is 23.6 Å². The molecule has 0 aromatic rings. The number of carbonyl (C=O) groups is 1. The standard InChI is InChI=1S/C48H82NO8P/c1-6-8-10-11-12-13-14-15-16-17-20-23-26-29-32-36-41-53-43-45(44-55-58(51,52)54-42-40-49(3,4)5)56-48(50)39-35-31-28-25-22-19-18-21-24-27-30-34-38-47-46(57-47)37-33-9-7-2/h9,15-16,19,21-22,24,28,30-31,33-34,36,41,45-47H,6-8,10-14,17-18,20,23,25-27,29,32,35,37-40,42-44H2,1-5H3/p+1/b16-15-,22-19-,24-21-,31-28-,33-9-,34-30-,41-36+/t45-,46?,47?/m1/s1. The van der Waals surface area contributed by atoms with Crippen molar-refractivity contribution in [2.45, 2.75) is 167 Å². The van der Waals surface area contributed by atoms with Crippen molar-refractivity contribution in [1.29, 1.82) is 0 Å². The fourth-order valence-corrected chi connectivity index (χ4v) is 6.56. The number of likely N-dealkylation sites (N-methyl/N-ethyl adjacent to an activating group) is 1. The van der Waals surface area contributed by atoms with E-state index in [9.17, 15) is 14.3 Å². The Hall–Kier alpha value is -2.52. The molecule has 0 aromatic heterocycles. The molecule has 1 rings (SSSR count). The Labute approximate surface area is 354 Å². The molecule has 332 valence electrons. The van der Waals surface area contributed by atoms with Crippen LogP contribution >= 0.6 is 7.82 Å². The maximum absolute atomic E-state index is 12.7. The summed E-state index contributed by atoms with van der Waals surface area (Å²) in [6.07, 6.45) is 52.0. The Balaban J connectivity index is 2.31. The molecule has 0 aliphatic carbocycles. The first-order valence-corrected chi connectivity index (χ1v) is 24.0. The molecule has 1 heterocycles. The number of carbonyl (C=O) groups excluding carboxylic acids is 1. The van der Waals surface area contributed by atoms with Crippen LogP contribution in [0.2, 0.25) is 0 Å². The Kier molecular flexibility index (Phi) is 33.5. The lowest BCUT2D eigenvalue weighted by molar-refractivity contribution is -0.870. The van der Waals surface area contributed by atoms with Crippen molar-refractivity contribution in [1.82, 2.24) is 0 Å². The van der Waals surface area contributed by atoms with Gasteiger partial charge in [0.05, 0.1) is 46.2 Å². The highest BCUT2D eigenvalue weighted by atomic mass is 31.2. The number of quaternary nitrogens is 1. The molecule has 1 fully saturated rings. The molecule has 4 atom stereocenters. The van der Waals surface area contributed by atoms with E-state index in [0.29, 0.717) is 29.7 Å². The molecule has 1 aliphatic rings. The number of epoxide rings is 1. The summed E-state index contributed by atoms with van der Waals surface area (Å²) >= 11 is 0. The normalized spacial score (nSPS) is 18.0. The van der Waals surface area contributed by atoms with Crippen molar-refractivity contribution in [2.75, 3.05) is 47.5 Å². The van der Waals surface area contributed by atoms with Crippen molar-refractivity contribution in [3.8, 4) is 0 Å². The van der Waals surface area contributed by atoms with Gasteiger partial charge in [0.2, 0.25) is 0 Å². The quantitative estimate of drug-likeness (QED) is 0.0124. The average molecular weight is 833 g/mol. The molecular weight excluding hydrogens is 750 g/mol. The third-order valence-corrected chi connectivity index (χ3v) is 10.4. The van der Waals surface area contributed by atoms with Crippen LogP contribution in [-0.2, 0) is 32.6 Å². The molecule has 9 nitrogen and oxygen atoms in total. The third kappa shape index (κ3) is 36.6. The van der Waals surface area contributed by atoms with Crippen LogP contribution in [-0.4, -0.2) is 81.2 Å². The highest BCUT2D eigenvalue weighted by Crippen LogP contribution is 2.43. The molecule has 58 heavy (non-hydrogen) atoms. The monoisotopic (exact) mass is 833 g/mol. The molecule has 3 unspecified atom stereocenters. The van der Waals surface area contributed by atoms with Gasteiger partial charge in [-0.05, 0) is 89.5 Å². The smallest absolute Gasteiger partial charge is 0.472 e. The van der Waals surface area contributed by atoms with E-state index in [4.69, 9.17) is 23.3 Å². The number of ether oxygens (including phenoxy) is 3. The minimum atomic E-state index is -4.32. The largest absolute Gasteiger partial charge is 0.498 e. The van der Waals surface area contributed by atoms with Crippen LogP contribution in [0.1, 0.15) is 149 Å². The molecule has 0 radical (unpaired) electrons. The van der Waals surface area contributed by atoms with Crippen LogP contribution in [0, 0.1) is 0 Å². The van der Waals surface area contributed by atoms with Gasteiger partial charge in [-0.15, -0.1) is 0 Å². The summed E-state index contributed by atoms with van der Waals surface area (Å²) in [6, 6.07) is 0. The lowest BCUT2D eigenvalue weighted by Crippen LogP contribution is -2.37. The highest BCUT2D eigenvalue weighted by Gasteiger charge is 2.36. The lowest BCUT2D eigenvalue weighted by atomic mass is 10.1. The number of phosphoric ester groups is 1. The Morgan fingerprint density at radius 3 is 1.76 bits per heavy atom. The molecule has 1 N–H and O–H groups in total. The molecule has 1 saturated heterocycles. The molecular formula is C48H83NO8P+. The van der Waals surface area contributed by atoms with Gasteiger partial charge in [0, 0.05) is 6.42 Å². The first-order valence-electron chi connectivity index (χ1n) is 22.5. The summed E-state index contributed by atoms with van der Waals surface area (Å²) in [7, 11) is 1.56. The Morgan fingerprint density at radius 2 is 1.17 bits per heavy atom. The minimum Gasteiger partial charge on any atom is -0.498 e. The lowest BCUT2D eigenvalue weighted by Gasteiger charge is -2.24. The van der Waals surface area contributed by atoms with E-state index in [2.05, 4.69) is 74.6 Å². The van der Waals surface area contributed by atoms with Gasteiger partial charge in [0.15, 0.2) is 6.10 Å². The fourth-order valence-electron chi connectivity index (χ4n) is 5.81. The van der Waals surface area contributed by atoms with E-state index >= 15 is 0 Å². The number of nitrogens with zero attached hydrogens (tertiary/aromatic N) is 1. The molecule has 0 aromatic carbocycles. The van der Waals surface area contributed by atoms with Gasteiger partial charge >= 0.3 is 13.8 Å². The van der Waals surface area contributed by atoms with E-state index in [1.807, 2.05) is 39.4 Å². The first kappa shape index (κ1) is 53.5. The number of hydrogen-bond donors (Lipinski definition) is 1. The van der Waals surface area contributed by atoms with E-state index in [0.717, 1.165) is 57.8 Å². The SMILES string of the molecule is CC/C=C\CC1OC1C/C=C\C/C=C\C/C=C\C/C=C\CCC(=O)O[C@H](CO/C=C/CCCCCC/C=C\CCCCCCCC)COP(=O)(O)OCC[N+](C)(C)C. The molecule has 0 amide bonds. The van der Waals surface area contributed by atoms with Crippen molar-refractivity contribution in [3.63, 3.8) is 0 Å². The summed E-state index contributed by atoms with van der Waals surface area (Å²) in [5, 5.41) is 0. The molecule has 1 aliphatic heterocycles. The predicted octanol–water partition coefficient (Wildman–Crippen LogP) is 12.6. The summed E-state index contributed by atoms with van der Waals surface area (Å²) in [5.74, 6) is -0.426. The minimum absolute atomic E-state index is 0.00457. The van der Waals surface area contributed by atoms with Crippen LogP contribution < -0.4 is 0 Å². The maximum atomic E-state index is 12.7. The van der Waals surface area contributed by atoms with Crippen molar-refractivity contribution >= 4 is 13.8 Å². The average Bonchev–Trinajstić information content (AvgIpc) is 3.93. The van der Waals surface area contributed by atoms with Crippen LogP contribution in [0.4, 0.5) is 0 Å². The summed E-state index contributed by atoms with van der Waals surface area (Å²) in [4.78, 5) is 22.9. The molecule has 10 heteroatoms. The van der Waals surface area contributed by atoms with Gasteiger partial charge in [-0.1, -0.05) is 132 Å². The summed E-state index contributed by atoms with van der Waals surface area (Å²) < 4.78 is 40.3. The van der Waals surface area contributed by atoms with E-state index < -0.39 is 19.9 Å². The van der Waals surface area contributed by atoms with Gasteiger partial charge in [-0.25, -0.2) is 4.57 Å². The number of rotatable bonds is 39. The van der Waals surface area contributed by atoms with Gasteiger partial charge in [-0.2, -0.15) is 0 Å². The maximum Gasteiger partial charge on any atom is 0.472 e. The third-order valence-electron chi connectivity index (χ3n) is 9.42. The highest BCUT2D eigenvalue weighted by molar-refractivity contribution is 7.47. The van der Waals surface area contributed by atoms with Gasteiger partial charge in [-0.3, -0.25) is 13.8 Å². The zero-order chi connectivity index (χ0) is 42.4. The number of esters is 1. The van der Waals surface area contributed by atoms with E-state index in [1.165, 1.54) is 64.2 Å².